The lowest BCUT2D eigenvalue weighted by atomic mass is 10.2. The number of benzene rings is 2. The maximum absolute atomic E-state index is 13.8. The van der Waals surface area contributed by atoms with Gasteiger partial charge >= 0.3 is 0 Å². The number of halogens is 2. The Kier molecular flexibility index (Phi) is 5.26. The van der Waals surface area contributed by atoms with Crippen molar-refractivity contribution in [2.24, 2.45) is 0 Å². The van der Waals surface area contributed by atoms with E-state index >= 15 is 0 Å². The van der Waals surface area contributed by atoms with E-state index < -0.39 is 11.6 Å². The summed E-state index contributed by atoms with van der Waals surface area (Å²) < 4.78 is 32.7. The Morgan fingerprint density at radius 1 is 0.962 bits per heavy atom. The zero-order valence-electron chi connectivity index (χ0n) is 14.4. The highest BCUT2D eigenvalue weighted by Crippen LogP contribution is 2.23. The van der Waals surface area contributed by atoms with E-state index in [-0.39, 0.29) is 5.69 Å². The van der Waals surface area contributed by atoms with Gasteiger partial charge in [0, 0.05) is 12.6 Å². The summed E-state index contributed by atoms with van der Waals surface area (Å²) in [5.41, 5.74) is 0.795. The van der Waals surface area contributed by atoms with E-state index in [1.54, 1.807) is 20.1 Å². The van der Waals surface area contributed by atoms with Gasteiger partial charge in [0.1, 0.15) is 40.5 Å². The Bertz CT molecular complexity index is 880. The number of ether oxygens (including phenoxy) is 1. The molecule has 7 heteroatoms. The molecule has 2 N–H and O–H groups in total. The first-order chi connectivity index (χ1) is 12.5. The van der Waals surface area contributed by atoms with Crippen LogP contribution in [0.2, 0.25) is 0 Å². The number of rotatable bonds is 6. The van der Waals surface area contributed by atoms with E-state index in [0.29, 0.717) is 24.0 Å². The predicted molar refractivity (Wildman–Crippen MR) is 96.7 cm³/mol. The van der Waals surface area contributed by atoms with Gasteiger partial charge in [-0.3, -0.25) is 0 Å². The molecular weight excluding hydrogens is 338 g/mol. The van der Waals surface area contributed by atoms with Gasteiger partial charge in [0.05, 0.1) is 7.11 Å². The minimum Gasteiger partial charge on any atom is -0.497 e. The number of aryl methyl sites for hydroxylation is 1. The highest BCUT2D eigenvalue weighted by Gasteiger charge is 2.10. The molecule has 0 unspecified atom stereocenters. The van der Waals surface area contributed by atoms with E-state index in [1.165, 1.54) is 18.2 Å². The van der Waals surface area contributed by atoms with Gasteiger partial charge in [0.2, 0.25) is 0 Å². The lowest BCUT2D eigenvalue weighted by molar-refractivity contribution is 0.414. The van der Waals surface area contributed by atoms with Crippen LogP contribution in [0.3, 0.4) is 0 Å². The summed E-state index contributed by atoms with van der Waals surface area (Å²) in [7, 11) is 1.61. The molecule has 1 aromatic heterocycles. The molecule has 0 amide bonds. The second-order valence-electron chi connectivity index (χ2n) is 5.61. The molecule has 0 radical (unpaired) electrons. The van der Waals surface area contributed by atoms with Crippen LogP contribution in [0.1, 0.15) is 11.4 Å². The summed E-state index contributed by atoms with van der Waals surface area (Å²) in [4.78, 5) is 8.47. The molecule has 26 heavy (non-hydrogen) atoms. The Morgan fingerprint density at radius 2 is 1.62 bits per heavy atom. The van der Waals surface area contributed by atoms with E-state index in [0.717, 1.165) is 11.3 Å². The van der Waals surface area contributed by atoms with Crippen LogP contribution in [-0.4, -0.2) is 17.1 Å². The third-order valence-corrected chi connectivity index (χ3v) is 3.69. The number of para-hydroxylation sites is 1. The van der Waals surface area contributed by atoms with Crippen molar-refractivity contribution in [1.29, 1.82) is 0 Å². The van der Waals surface area contributed by atoms with Crippen molar-refractivity contribution in [2.45, 2.75) is 13.5 Å². The normalized spacial score (nSPS) is 10.5. The van der Waals surface area contributed by atoms with E-state index in [4.69, 9.17) is 4.74 Å². The molecule has 0 fully saturated rings. The van der Waals surface area contributed by atoms with Crippen LogP contribution >= 0.6 is 0 Å². The first kappa shape index (κ1) is 17.6. The molecule has 3 aromatic rings. The maximum Gasteiger partial charge on any atom is 0.149 e. The summed E-state index contributed by atoms with van der Waals surface area (Å²) in [6.07, 6.45) is 0. The molecule has 0 atom stereocenters. The molecule has 3 rings (SSSR count). The third kappa shape index (κ3) is 4.24. The molecule has 0 saturated heterocycles. The van der Waals surface area contributed by atoms with Crippen molar-refractivity contribution >= 4 is 17.3 Å². The molecule has 0 aliphatic heterocycles. The molecular formula is C19H18F2N4O. The highest BCUT2D eigenvalue weighted by atomic mass is 19.1. The number of hydrogen-bond acceptors (Lipinski definition) is 5. The fourth-order valence-corrected chi connectivity index (χ4v) is 2.40. The van der Waals surface area contributed by atoms with Crippen LogP contribution in [0, 0.1) is 18.6 Å². The SMILES string of the molecule is COc1ccc(CNc2cc(Nc3c(F)cccc3F)nc(C)n2)cc1. The van der Waals surface area contributed by atoms with Gasteiger partial charge in [0.15, 0.2) is 0 Å². The molecule has 2 aromatic carbocycles. The monoisotopic (exact) mass is 356 g/mol. The van der Waals surface area contributed by atoms with Gasteiger partial charge in [-0.05, 0) is 36.8 Å². The minimum absolute atomic E-state index is 0.244. The average Bonchev–Trinajstić information content (AvgIpc) is 2.63. The Balaban J connectivity index is 1.74. The predicted octanol–water partition coefficient (Wildman–Crippen LogP) is 4.43. The largest absolute Gasteiger partial charge is 0.497 e. The average molecular weight is 356 g/mol. The first-order valence-electron chi connectivity index (χ1n) is 7.98. The first-order valence-corrected chi connectivity index (χ1v) is 7.98. The van der Waals surface area contributed by atoms with E-state index in [2.05, 4.69) is 20.6 Å². The smallest absolute Gasteiger partial charge is 0.149 e. The van der Waals surface area contributed by atoms with E-state index in [1.807, 2.05) is 24.3 Å². The molecule has 0 saturated carbocycles. The van der Waals surface area contributed by atoms with E-state index in [9.17, 15) is 8.78 Å². The van der Waals surface area contributed by atoms with Crippen LogP contribution in [0.5, 0.6) is 5.75 Å². The molecule has 0 bridgehead atoms. The number of methoxy groups -OCH3 is 1. The number of nitrogens with one attached hydrogen (secondary N) is 2. The van der Waals surface area contributed by atoms with Crippen LogP contribution in [0.25, 0.3) is 0 Å². The number of aromatic nitrogens is 2. The van der Waals surface area contributed by atoms with Gasteiger partial charge < -0.3 is 15.4 Å². The van der Waals surface area contributed by atoms with Gasteiger partial charge in [-0.15, -0.1) is 0 Å². The van der Waals surface area contributed by atoms with Gasteiger partial charge in [-0.25, -0.2) is 18.7 Å². The Labute approximate surface area is 150 Å². The van der Waals surface area contributed by atoms with Gasteiger partial charge in [0.25, 0.3) is 0 Å². The van der Waals surface area contributed by atoms with Gasteiger partial charge in [-0.2, -0.15) is 0 Å². The highest BCUT2D eigenvalue weighted by molar-refractivity contribution is 5.60. The van der Waals surface area contributed by atoms with Crippen LogP contribution in [-0.2, 0) is 6.54 Å². The second-order valence-corrected chi connectivity index (χ2v) is 5.61. The lowest BCUT2D eigenvalue weighted by Crippen LogP contribution is -2.06. The summed E-state index contributed by atoms with van der Waals surface area (Å²) in [5, 5.41) is 5.85. The van der Waals surface area contributed by atoms with Crippen molar-refractivity contribution in [2.75, 3.05) is 17.7 Å². The minimum atomic E-state index is -0.686. The standard InChI is InChI=1S/C19H18F2N4O/c1-12-23-17(22-11-13-6-8-14(26-2)9-7-13)10-18(24-12)25-19-15(20)4-3-5-16(19)21/h3-10H,11H2,1-2H3,(H2,22,23,24,25). The van der Waals surface area contributed by atoms with Crippen molar-refractivity contribution in [3.63, 3.8) is 0 Å². The topological polar surface area (TPSA) is 59.1 Å². The Morgan fingerprint density at radius 3 is 2.27 bits per heavy atom. The molecule has 0 spiro atoms. The maximum atomic E-state index is 13.8. The number of anilines is 3. The number of hydrogen-bond donors (Lipinski definition) is 2. The van der Waals surface area contributed by atoms with Crippen molar-refractivity contribution in [3.8, 4) is 5.75 Å². The quantitative estimate of drug-likeness (QED) is 0.684. The zero-order valence-corrected chi connectivity index (χ0v) is 14.4. The van der Waals surface area contributed by atoms with Gasteiger partial charge in [-0.1, -0.05) is 18.2 Å². The van der Waals surface area contributed by atoms with Crippen LogP contribution < -0.4 is 15.4 Å². The molecule has 0 aliphatic carbocycles. The Hall–Kier alpha value is -3.22. The number of nitrogens with zero attached hydrogens (tertiary/aromatic N) is 2. The van der Waals surface area contributed by atoms with Crippen molar-refractivity contribution < 1.29 is 13.5 Å². The summed E-state index contributed by atoms with van der Waals surface area (Å²) >= 11 is 0. The third-order valence-electron chi connectivity index (χ3n) is 3.69. The molecule has 0 aliphatic rings. The molecule has 134 valence electrons. The summed E-state index contributed by atoms with van der Waals surface area (Å²) in [6, 6.07) is 12.9. The van der Waals surface area contributed by atoms with Crippen LogP contribution in [0.15, 0.2) is 48.5 Å². The summed E-state index contributed by atoms with van der Waals surface area (Å²) in [6.45, 7) is 2.25. The summed E-state index contributed by atoms with van der Waals surface area (Å²) in [5.74, 6) is 0.739. The van der Waals surface area contributed by atoms with Crippen LogP contribution in [0.4, 0.5) is 26.1 Å². The molecule has 1 heterocycles. The fourth-order valence-electron chi connectivity index (χ4n) is 2.40. The second kappa shape index (κ2) is 7.77. The van der Waals surface area contributed by atoms with Crippen molar-refractivity contribution in [1.82, 2.24) is 9.97 Å². The lowest BCUT2D eigenvalue weighted by Gasteiger charge is -2.11. The van der Waals surface area contributed by atoms with Crippen molar-refractivity contribution in [3.05, 3.63) is 71.6 Å². The molecule has 5 nitrogen and oxygen atoms in total. The fraction of sp³-hybridized carbons (Fsp3) is 0.158. The zero-order chi connectivity index (χ0) is 18.5.